The predicted molar refractivity (Wildman–Crippen MR) is 111 cm³/mol. The number of carbonyl (C=O) groups is 1. The van der Waals surface area contributed by atoms with Crippen LogP contribution in [0.1, 0.15) is 32.8 Å². The van der Waals surface area contributed by atoms with E-state index in [4.69, 9.17) is 0 Å². The van der Waals surface area contributed by atoms with Gasteiger partial charge in [0.25, 0.3) is 0 Å². The van der Waals surface area contributed by atoms with Gasteiger partial charge in [-0.15, -0.1) is 12.4 Å². The van der Waals surface area contributed by atoms with Gasteiger partial charge in [-0.05, 0) is 24.5 Å². The van der Waals surface area contributed by atoms with E-state index in [1.54, 1.807) is 16.4 Å². The fourth-order valence-corrected chi connectivity index (χ4v) is 4.37. The van der Waals surface area contributed by atoms with Crippen molar-refractivity contribution in [3.8, 4) is 0 Å². The van der Waals surface area contributed by atoms with E-state index in [0.717, 1.165) is 12.1 Å². The zero-order chi connectivity index (χ0) is 19.4. The minimum Gasteiger partial charge on any atom is -0.355 e. The van der Waals surface area contributed by atoms with Crippen LogP contribution in [0, 0.1) is 12.3 Å². The average Bonchev–Trinajstić information content (AvgIpc) is 2.54. The summed E-state index contributed by atoms with van der Waals surface area (Å²) < 4.78 is 26.9. The van der Waals surface area contributed by atoms with Crippen molar-refractivity contribution >= 4 is 28.3 Å². The smallest absolute Gasteiger partial charge is 0.243 e. The van der Waals surface area contributed by atoms with Crippen molar-refractivity contribution in [2.45, 2.75) is 39.0 Å². The van der Waals surface area contributed by atoms with Crippen LogP contribution in [-0.4, -0.2) is 62.8 Å². The SMILES string of the molecule is Cc1ccc(S(=O)(=O)N2CCN(CCNC(=O)CC(C)(C)C)CC2)cc1.Cl. The Morgan fingerprint density at radius 1 is 1.07 bits per heavy atom. The molecule has 1 fully saturated rings. The van der Waals surface area contributed by atoms with E-state index in [-0.39, 0.29) is 23.7 Å². The number of aryl methyl sites for hydroxylation is 1. The summed E-state index contributed by atoms with van der Waals surface area (Å²) in [6, 6.07) is 6.98. The Morgan fingerprint density at radius 2 is 1.63 bits per heavy atom. The molecular formula is C19H32ClN3O3S. The van der Waals surface area contributed by atoms with E-state index in [0.29, 0.717) is 44.0 Å². The summed E-state index contributed by atoms with van der Waals surface area (Å²) in [5.74, 6) is 0.0677. The fourth-order valence-electron chi connectivity index (χ4n) is 2.95. The lowest BCUT2D eigenvalue weighted by molar-refractivity contribution is -0.122. The van der Waals surface area contributed by atoms with Crippen molar-refractivity contribution in [2.75, 3.05) is 39.3 Å². The topological polar surface area (TPSA) is 69.7 Å². The molecule has 1 heterocycles. The Balaban J connectivity index is 0.00000364. The molecule has 1 saturated heterocycles. The largest absolute Gasteiger partial charge is 0.355 e. The van der Waals surface area contributed by atoms with Gasteiger partial charge in [0.05, 0.1) is 4.90 Å². The Bertz CT molecular complexity index is 707. The van der Waals surface area contributed by atoms with Crippen LogP contribution in [0.15, 0.2) is 29.2 Å². The number of sulfonamides is 1. The number of amides is 1. The van der Waals surface area contributed by atoms with Gasteiger partial charge < -0.3 is 5.32 Å². The fraction of sp³-hybridized carbons (Fsp3) is 0.632. The minimum absolute atomic E-state index is 0. The highest BCUT2D eigenvalue weighted by atomic mass is 35.5. The van der Waals surface area contributed by atoms with Crippen molar-refractivity contribution in [2.24, 2.45) is 5.41 Å². The van der Waals surface area contributed by atoms with Crippen LogP contribution in [-0.2, 0) is 14.8 Å². The number of nitrogens with zero attached hydrogens (tertiary/aromatic N) is 2. The molecule has 2 rings (SSSR count). The van der Waals surface area contributed by atoms with Gasteiger partial charge in [-0.2, -0.15) is 4.31 Å². The lowest BCUT2D eigenvalue weighted by Crippen LogP contribution is -2.50. The third kappa shape index (κ3) is 7.41. The van der Waals surface area contributed by atoms with E-state index in [1.165, 1.54) is 0 Å². The van der Waals surface area contributed by atoms with E-state index in [2.05, 4.69) is 10.2 Å². The van der Waals surface area contributed by atoms with Crippen LogP contribution < -0.4 is 5.32 Å². The van der Waals surface area contributed by atoms with Gasteiger partial charge in [0.15, 0.2) is 0 Å². The van der Waals surface area contributed by atoms with Crippen molar-refractivity contribution in [1.82, 2.24) is 14.5 Å². The molecule has 0 aliphatic carbocycles. The number of hydrogen-bond acceptors (Lipinski definition) is 4. The van der Waals surface area contributed by atoms with Crippen molar-refractivity contribution in [3.63, 3.8) is 0 Å². The second-order valence-electron chi connectivity index (χ2n) is 8.15. The second-order valence-corrected chi connectivity index (χ2v) is 10.1. The van der Waals surface area contributed by atoms with Gasteiger partial charge in [-0.1, -0.05) is 38.5 Å². The Labute approximate surface area is 169 Å². The Kier molecular flexibility index (Phi) is 8.73. The van der Waals surface area contributed by atoms with Crippen LogP contribution in [0.2, 0.25) is 0 Å². The maximum Gasteiger partial charge on any atom is 0.243 e. The van der Waals surface area contributed by atoms with Gasteiger partial charge in [0, 0.05) is 45.7 Å². The number of hydrogen-bond donors (Lipinski definition) is 1. The zero-order valence-electron chi connectivity index (χ0n) is 16.7. The van der Waals surface area contributed by atoms with Crippen molar-refractivity contribution < 1.29 is 13.2 Å². The number of rotatable bonds is 6. The van der Waals surface area contributed by atoms with Crippen LogP contribution in [0.5, 0.6) is 0 Å². The summed E-state index contributed by atoms with van der Waals surface area (Å²) in [4.78, 5) is 14.4. The van der Waals surface area contributed by atoms with Gasteiger partial charge in [0.1, 0.15) is 0 Å². The van der Waals surface area contributed by atoms with E-state index in [1.807, 2.05) is 39.8 Å². The molecule has 1 aromatic rings. The lowest BCUT2D eigenvalue weighted by Gasteiger charge is -2.34. The number of nitrogens with one attached hydrogen (secondary N) is 1. The van der Waals surface area contributed by atoms with Gasteiger partial charge in [-0.3, -0.25) is 9.69 Å². The molecule has 1 aliphatic heterocycles. The first-order chi connectivity index (χ1) is 12.1. The van der Waals surface area contributed by atoms with Crippen LogP contribution in [0.4, 0.5) is 0 Å². The monoisotopic (exact) mass is 417 g/mol. The molecular weight excluding hydrogens is 386 g/mol. The number of piperazine rings is 1. The molecule has 1 aromatic carbocycles. The summed E-state index contributed by atoms with van der Waals surface area (Å²) in [5, 5.41) is 2.95. The third-order valence-electron chi connectivity index (χ3n) is 4.43. The van der Waals surface area contributed by atoms with Crippen molar-refractivity contribution in [3.05, 3.63) is 29.8 Å². The van der Waals surface area contributed by atoms with E-state index in [9.17, 15) is 13.2 Å². The van der Waals surface area contributed by atoms with Crippen LogP contribution in [0.25, 0.3) is 0 Å². The molecule has 27 heavy (non-hydrogen) atoms. The second kappa shape index (κ2) is 9.87. The number of halogens is 1. The standard InChI is InChI=1S/C19H31N3O3S.ClH/c1-16-5-7-17(8-6-16)26(24,25)22-13-11-21(12-14-22)10-9-20-18(23)15-19(2,3)4;/h5-8H,9-15H2,1-4H3,(H,20,23);1H. The van der Waals surface area contributed by atoms with Gasteiger partial charge in [0.2, 0.25) is 15.9 Å². The minimum atomic E-state index is -3.42. The highest BCUT2D eigenvalue weighted by Crippen LogP contribution is 2.19. The molecule has 0 spiro atoms. The molecule has 0 aromatic heterocycles. The first-order valence-corrected chi connectivity index (χ1v) is 10.6. The number of carbonyl (C=O) groups excluding carboxylic acids is 1. The molecule has 0 atom stereocenters. The van der Waals surface area contributed by atoms with Gasteiger partial charge in [-0.25, -0.2) is 8.42 Å². The summed E-state index contributed by atoms with van der Waals surface area (Å²) >= 11 is 0. The molecule has 154 valence electrons. The lowest BCUT2D eigenvalue weighted by atomic mass is 9.92. The average molecular weight is 418 g/mol. The highest BCUT2D eigenvalue weighted by Gasteiger charge is 2.28. The summed E-state index contributed by atoms with van der Waals surface area (Å²) in [6.45, 7) is 11.7. The summed E-state index contributed by atoms with van der Waals surface area (Å²) in [7, 11) is -3.42. The third-order valence-corrected chi connectivity index (χ3v) is 6.34. The van der Waals surface area contributed by atoms with Gasteiger partial charge >= 0.3 is 0 Å². The van der Waals surface area contributed by atoms with E-state index >= 15 is 0 Å². The molecule has 0 saturated carbocycles. The maximum atomic E-state index is 12.7. The number of benzene rings is 1. The molecule has 6 nitrogen and oxygen atoms in total. The quantitative estimate of drug-likeness (QED) is 0.770. The van der Waals surface area contributed by atoms with E-state index < -0.39 is 10.0 Å². The molecule has 1 N–H and O–H groups in total. The molecule has 0 radical (unpaired) electrons. The highest BCUT2D eigenvalue weighted by molar-refractivity contribution is 7.89. The first kappa shape index (κ1) is 23.9. The molecule has 8 heteroatoms. The molecule has 0 bridgehead atoms. The zero-order valence-corrected chi connectivity index (χ0v) is 18.3. The normalized spacial score (nSPS) is 16.6. The molecule has 0 unspecified atom stereocenters. The molecule has 1 aliphatic rings. The van der Waals surface area contributed by atoms with Crippen LogP contribution in [0.3, 0.4) is 0 Å². The Morgan fingerprint density at radius 3 is 2.15 bits per heavy atom. The Hall–Kier alpha value is -1.15. The predicted octanol–water partition coefficient (Wildman–Crippen LogP) is 2.28. The van der Waals surface area contributed by atoms with Crippen LogP contribution >= 0.6 is 12.4 Å². The first-order valence-electron chi connectivity index (χ1n) is 9.14. The van der Waals surface area contributed by atoms with Crippen molar-refractivity contribution in [1.29, 1.82) is 0 Å². The summed E-state index contributed by atoms with van der Waals surface area (Å²) in [6.07, 6.45) is 0.509. The maximum absolute atomic E-state index is 12.7. The summed E-state index contributed by atoms with van der Waals surface area (Å²) in [5.41, 5.74) is 1.03. The molecule has 1 amide bonds.